The van der Waals surface area contributed by atoms with E-state index in [1.54, 1.807) is 6.92 Å². The largest absolute Gasteiger partial charge is 0.493 e. The minimum absolute atomic E-state index is 0.0209. The monoisotopic (exact) mass is 306 g/mol. The Bertz CT molecular complexity index is 472. The Hall–Kier alpha value is -1.47. The van der Waals surface area contributed by atoms with Crippen LogP contribution in [0, 0.1) is 0 Å². The Morgan fingerprint density at radius 1 is 1.33 bits per heavy atom. The van der Waals surface area contributed by atoms with E-state index in [0.29, 0.717) is 19.0 Å². The third-order valence-corrected chi connectivity index (χ3v) is 2.94. The number of rotatable bonds is 7. The summed E-state index contributed by atoms with van der Waals surface area (Å²) in [7, 11) is 1.43. The second-order valence-electron chi connectivity index (χ2n) is 4.55. The Morgan fingerprint density at radius 2 is 2.05 bits per heavy atom. The molecule has 1 heterocycles. The van der Waals surface area contributed by atoms with E-state index in [9.17, 15) is 13.2 Å². The van der Waals surface area contributed by atoms with Crippen LogP contribution in [-0.4, -0.2) is 39.2 Å². The third-order valence-electron chi connectivity index (χ3n) is 2.94. The highest BCUT2D eigenvalue weighted by molar-refractivity contribution is 5.43. The van der Waals surface area contributed by atoms with Crippen LogP contribution in [0.25, 0.3) is 0 Å². The van der Waals surface area contributed by atoms with Crippen molar-refractivity contribution >= 4 is 0 Å². The van der Waals surface area contributed by atoms with Crippen LogP contribution in [-0.2, 0) is 9.47 Å². The molecular formula is C14H17F3O4. The molecule has 2 unspecified atom stereocenters. The molecule has 0 N–H and O–H groups in total. The predicted octanol–water partition coefficient (Wildman–Crippen LogP) is 3.11. The summed E-state index contributed by atoms with van der Waals surface area (Å²) in [6.07, 6.45) is -6.75. The summed E-state index contributed by atoms with van der Waals surface area (Å²) in [5, 5.41) is 0. The average Bonchev–Trinajstić information content (AvgIpc) is 3.22. The van der Waals surface area contributed by atoms with Crippen molar-refractivity contribution < 1.29 is 32.1 Å². The number of ether oxygens (including phenoxy) is 4. The van der Waals surface area contributed by atoms with Gasteiger partial charge in [-0.1, -0.05) is 6.07 Å². The van der Waals surface area contributed by atoms with Crippen LogP contribution in [0.5, 0.6) is 11.5 Å². The molecule has 1 aromatic carbocycles. The number of hydrogen-bond donors (Lipinski definition) is 0. The van der Waals surface area contributed by atoms with Gasteiger partial charge >= 0.3 is 6.18 Å². The van der Waals surface area contributed by atoms with Gasteiger partial charge in [0.1, 0.15) is 6.10 Å². The molecule has 118 valence electrons. The SMILES string of the molecule is CCOc1cc(C(OCC2CO2)C(F)(F)F)ccc1OC. The maximum Gasteiger partial charge on any atom is 0.418 e. The van der Waals surface area contributed by atoms with Crippen LogP contribution in [0.15, 0.2) is 18.2 Å². The van der Waals surface area contributed by atoms with Gasteiger partial charge in [-0.05, 0) is 24.6 Å². The molecule has 1 aliphatic heterocycles. The van der Waals surface area contributed by atoms with Crippen molar-refractivity contribution in [3.63, 3.8) is 0 Å². The zero-order valence-electron chi connectivity index (χ0n) is 11.8. The van der Waals surface area contributed by atoms with Crippen molar-refractivity contribution in [2.24, 2.45) is 0 Å². The van der Waals surface area contributed by atoms with Gasteiger partial charge < -0.3 is 18.9 Å². The highest BCUT2D eigenvalue weighted by Gasteiger charge is 2.43. The Labute approximate surface area is 120 Å². The van der Waals surface area contributed by atoms with E-state index in [-0.39, 0.29) is 24.0 Å². The van der Waals surface area contributed by atoms with Gasteiger partial charge in [0.25, 0.3) is 0 Å². The first-order valence-electron chi connectivity index (χ1n) is 6.56. The molecule has 1 fully saturated rings. The maximum atomic E-state index is 13.1. The van der Waals surface area contributed by atoms with E-state index in [1.807, 2.05) is 0 Å². The lowest BCUT2D eigenvalue weighted by Gasteiger charge is -2.22. The lowest BCUT2D eigenvalue weighted by atomic mass is 10.1. The summed E-state index contributed by atoms with van der Waals surface area (Å²) >= 11 is 0. The van der Waals surface area contributed by atoms with Crippen molar-refractivity contribution in [2.45, 2.75) is 25.3 Å². The van der Waals surface area contributed by atoms with Crippen LogP contribution >= 0.6 is 0 Å². The number of benzene rings is 1. The van der Waals surface area contributed by atoms with E-state index in [1.165, 1.54) is 25.3 Å². The molecule has 4 nitrogen and oxygen atoms in total. The van der Waals surface area contributed by atoms with Gasteiger partial charge in [-0.2, -0.15) is 13.2 Å². The highest BCUT2D eigenvalue weighted by atomic mass is 19.4. The lowest BCUT2D eigenvalue weighted by Crippen LogP contribution is -2.25. The van der Waals surface area contributed by atoms with E-state index >= 15 is 0 Å². The number of alkyl halides is 3. The molecular weight excluding hydrogens is 289 g/mol. The maximum absolute atomic E-state index is 13.1. The molecule has 0 saturated carbocycles. The van der Waals surface area contributed by atoms with Gasteiger partial charge in [0.05, 0.1) is 26.9 Å². The molecule has 0 spiro atoms. The smallest absolute Gasteiger partial charge is 0.418 e. The van der Waals surface area contributed by atoms with Crippen molar-refractivity contribution in [1.82, 2.24) is 0 Å². The summed E-state index contributed by atoms with van der Waals surface area (Å²) < 4.78 is 59.6. The summed E-state index contributed by atoms with van der Waals surface area (Å²) in [6, 6.07) is 4.07. The summed E-state index contributed by atoms with van der Waals surface area (Å²) in [4.78, 5) is 0. The van der Waals surface area contributed by atoms with Gasteiger partial charge in [0.2, 0.25) is 0 Å². The van der Waals surface area contributed by atoms with Crippen molar-refractivity contribution in [3.05, 3.63) is 23.8 Å². The van der Waals surface area contributed by atoms with E-state index in [4.69, 9.17) is 18.9 Å². The molecule has 1 aromatic rings. The van der Waals surface area contributed by atoms with E-state index in [2.05, 4.69) is 0 Å². The predicted molar refractivity (Wildman–Crippen MR) is 68.7 cm³/mol. The summed E-state index contributed by atoms with van der Waals surface area (Å²) in [5.74, 6) is 0.644. The van der Waals surface area contributed by atoms with Gasteiger partial charge in [-0.15, -0.1) is 0 Å². The quantitative estimate of drug-likeness (QED) is 0.726. The van der Waals surface area contributed by atoms with Crippen molar-refractivity contribution in [2.75, 3.05) is 26.9 Å². The Balaban J connectivity index is 2.22. The molecule has 0 aliphatic carbocycles. The first-order chi connectivity index (χ1) is 9.95. The zero-order chi connectivity index (χ0) is 15.5. The molecule has 0 radical (unpaired) electrons. The van der Waals surface area contributed by atoms with Gasteiger partial charge in [-0.25, -0.2) is 0 Å². The van der Waals surface area contributed by atoms with E-state index in [0.717, 1.165) is 0 Å². The topological polar surface area (TPSA) is 40.2 Å². The van der Waals surface area contributed by atoms with Crippen LogP contribution < -0.4 is 9.47 Å². The minimum atomic E-state index is -4.51. The molecule has 1 aliphatic rings. The Kier molecular flexibility index (Phi) is 4.95. The highest BCUT2D eigenvalue weighted by Crippen LogP contribution is 2.39. The van der Waals surface area contributed by atoms with Crippen molar-refractivity contribution in [3.8, 4) is 11.5 Å². The Morgan fingerprint density at radius 3 is 2.57 bits per heavy atom. The second-order valence-corrected chi connectivity index (χ2v) is 4.55. The lowest BCUT2D eigenvalue weighted by molar-refractivity contribution is -0.224. The number of methoxy groups -OCH3 is 1. The first-order valence-corrected chi connectivity index (χ1v) is 6.56. The number of halogens is 3. The minimum Gasteiger partial charge on any atom is -0.493 e. The molecule has 7 heteroatoms. The average molecular weight is 306 g/mol. The van der Waals surface area contributed by atoms with Gasteiger partial charge in [-0.3, -0.25) is 0 Å². The molecule has 2 rings (SSSR count). The fourth-order valence-corrected chi connectivity index (χ4v) is 1.87. The number of epoxide rings is 1. The molecule has 21 heavy (non-hydrogen) atoms. The van der Waals surface area contributed by atoms with Crippen LogP contribution in [0.3, 0.4) is 0 Å². The zero-order valence-corrected chi connectivity index (χ0v) is 11.8. The summed E-state index contributed by atoms with van der Waals surface area (Å²) in [6.45, 7) is 2.43. The fourth-order valence-electron chi connectivity index (χ4n) is 1.87. The van der Waals surface area contributed by atoms with Crippen LogP contribution in [0.2, 0.25) is 0 Å². The summed E-state index contributed by atoms with van der Waals surface area (Å²) in [5.41, 5.74) is -0.0209. The van der Waals surface area contributed by atoms with Crippen LogP contribution in [0.4, 0.5) is 13.2 Å². The third kappa shape index (κ3) is 4.25. The molecule has 1 saturated heterocycles. The normalized spacial score (nSPS) is 19.2. The van der Waals surface area contributed by atoms with Gasteiger partial charge in [0.15, 0.2) is 17.6 Å². The van der Waals surface area contributed by atoms with Gasteiger partial charge in [0, 0.05) is 0 Å². The fraction of sp³-hybridized carbons (Fsp3) is 0.571. The molecule has 0 amide bonds. The molecule has 0 bridgehead atoms. The van der Waals surface area contributed by atoms with Crippen LogP contribution in [0.1, 0.15) is 18.6 Å². The second kappa shape index (κ2) is 6.53. The standard InChI is InChI=1S/C14H17F3O4/c1-3-19-12-6-9(4-5-11(12)18-2)13(14(15,16)17)21-8-10-7-20-10/h4-6,10,13H,3,7-8H2,1-2H3. The van der Waals surface area contributed by atoms with E-state index < -0.39 is 12.3 Å². The number of hydrogen-bond acceptors (Lipinski definition) is 4. The van der Waals surface area contributed by atoms with Crippen molar-refractivity contribution in [1.29, 1.82) is 0 Å². The molecule has 2 atom stereocenters. The first kappa shape index (κ1) is 15.9. The molecule has 0 aromatic heterocycles.